The Hall–Kier alpha value is -0.490. The van der Waals surface area contributed by atoms with Crippen molar-refractivity contribution in [1.82, 2.24) is 5.32 Å². The third kappa shape index (κ3) is 6.47. The van der Waals surface area contributed by atoms with Gasteiger partial charge in [-0.2, -0.15) is 0 Å². The SMILES string of the molecule is CNC(CCOCCOC)Cc1cc(Br)ccc1F. The van der Waals surface area contributed by atoms with Gasteiger partial charge >= 0.3 is 0 Å². The number of benzene rings is 1. The zero-order valence-electron chi connectivity index (χ0n) is 11.4. The Labute approximate surface area is 122 Å². The van der Waals surface area contributed by atoms with E-state index in [1.54, 1.807) is 13.2 Å². The number of likely N-dealkylation sites (N-methyl/N-ethyl adjacent to an activating group) is 1. The monoisotopic (exact) mass is 333 g/mol. The number of hydrogen-bond acceptors (Lipinski definition) is 3. The minimum absolute atomic E-state index is 0.163. The lowest BCUT2D eigenvalue weighted by Gasteiger charge is -2.17. The molecule has 1 rings (SSSR count). The number of methoxy groups -OCH3 is 1. The molecule has 0 saturated carbocycles. The van der Waals surface area contributed by atoms with Crippen molar-refractivity contribution < 1.29 is 13.9 Å². The Kier molecular flexibility index (Phi) is 8.21. The van der Waals surface area contributed by atoms with Crippen molar-refractivity contribution in [2.24, 2.45) is 0 Å². The van der Waals surface area contributed by atoms with E-state index in [9.17, 15) is 4.39 Å². The first-order chi connectivity index (χ1) is 9.17. The van der Waals surface area contributed by atoms with Crippen molar-refractivity contribution >= 4 is 15.9 Å². The van der Waals surface area contributed by atoms with Gasteiger partial charge in [-0.3, -0.25) is 0 Å². The summed E-state index contributed by atoms with van der Waals surface area (Å²) in [6.07, 6.45) is 1.49. The molecule has 0 aliphatic rings. The normalized spacial score (nSPS) is 12.6. The van der Waals surface area contributed by atoms with Crippen LogP contribution in [0.3, 0.4) is 0 Å². The molecule has 1 atom stereocenters. The maximum atomic E-state index is 13.7. The first-order valence-corrected chi connectivity index (χ1v) is 7.14. The van der Waals surface area contributed by atoms with Crippen molar-refractivity contribution in [3.63, 3.8) is 0 Å². The van der Waals surface area contributed by atoms with E-state index in [0.717, 1.165) is 10.9 Å². The first-order valence-electron chi connectivity index (χ1n) is 6.35. The van der Waals surface area contributed by atoms with Gasteiger partial charge in [-0.05, 0) is 43.7 Å². The van der Waals surface area contributed by atoms with Gasteiger partial charge in [0.25, 0.3) is 0 Å². The second-order valence-corrected chi connectivity index (χ2v) is 5.23. The van der Waals surface area contributed by atoms with Crippen LogP contribution >= 0.6 is 15.9 Å². The van der Waals surface area contributed by atoms with Crippen molar-refractivity contribution in [3.8, 4) is 0 Å². The molecular formula is C14H21BrFNO2. The summed E-state index contributed by atoms with van der Waals surface area (Å²) in [5.41, 5.74) is 0.714. The van der Waals surface area contributed by atoms with E-state index >= 15 is 0 Å². The molecule has 0 aliphatic heterocycles. The Bertz CT molecular complexity index is 376. The summed E-state index contributed by atoms with van der Waals surface area (Å²) in [5.74, 6) is -0.163. The highest BCUT2D eigenvalue weighted by Crippen LogP contribution is 2.17. The van der Waals surface area contributed by atoms with Gasteiger partial charge in [0, 0.05) is 24.2 Å². The molecule has 1 N–H and O–H groups in total. The van der Waals surface area contributed by atoms with Crippen LogP contribution in [0.5, 0.6) is 0 Å². The summed E-state index contributed by atoms with van der Waals surface area (Å²) >= 11 is 3.36. The van der Waals surface area contributed by atoms with Crippen LogP contribution in [-0.2, 0) is 15.9 Å². The number of hydrogen-bond donors (Lipinski definition) is 1. The Morgan fingerprint density at radius 1 is 1.32 bits per heavy atom. The van der Waals surface area contributed by atoms with Crippen LogP contribution in [0.1, 0.15) is 12.0 Å². The van der Waals surface area contributed by atoms with E-state index in [1.807, 2.05) is 13.1 Å². The molecule has 108 valence electrons. The minimum atomic E-state index is -0.163. The molecule has 0 saturated heterocycles. The molecule has 1 unspecified atom stereocenters. The second-order valence-electron chi connectivity index (χ2n) is 4.32. The molecule has 19 heavy (non-hydrogen) atoms. The lowest BCUT2D eigenvalue weighted by molar-refractivity contribution is 0.0661. The van der Waals surface area contributed by atoms with E-state index in [1.165, 1.54) is 6.07 Å². The van der Waals surface area contributed by atoms with Gasteiger partial charge in [0.2, 0.25) is 0 Å². The maximum absolute atomic E-state index is 13.7. The molecule has 0 amide bonds. The third-order valence-electron chi connectivity index (χ3n) is 2.92. The van der Waals surface area contributed by atoms with Crippen molar-refractivity contribution in [2.75, 3.05) is 34.0 Å². The summed E-state index contributed by atoms with van der Waals surface area (Å²) in [7, 11) is 3.53. The summed E-state index contributed by atoms with van der Waals surface area (Å²) in [4.78, 5) is 0. The second kappa shape index (κ2) is 9.42. The molecule has 0 fully saturated rings. The van der Waals surface area contributed by atoms with Gasteiger partial charge in [0.15, 0.2) is 0 Å². The summed E-state index contributed by atoms with van der Waals surface area (Å²) in [5, 5.41) is 3.19. The predicted molar refractivity (Wildman–Crippen MR) is 78.0 cm³/mol. The Balaban J connectivity index is 2.41. The molecular weight excluding hydrogens is 313 g/mol. The summed E-state index contributed by atoms with van der Waals surface area (Å²) in [6.45, 7) is 1.84. The maximum Gasteiger partial charge on any atom is 0.126 e. The fourth-order valence-corrected chi connectivity index (χ4v) is 2.19. The van der Waals surface area contributed by atoms with Crippen molar-refractivity contribution in [1.29, 1.82) is 0 Å². The molecule has 3 nitrogen and oxygen atoms in total. The lowest BCUT2D eigenvalue weighted by atomic mass is 10.0. The molecule has 1 aromatic rings. The van der Waals surface area contributed by atoms with E-state index in [-0.39, 0.29) is 11.9 Å². The molecule has 0 heterocycles. The zero-order chi connectivity index (χ0) is 14.1. The number of rotatable bonds is 9. The van der Waals surface area contributed by atoms with Gasteiger partial charge < -0.3 is 14.8 Å². The van der Waals surface area contributed by atoms with Gasteiger partial charge in [-0.25, -0.2) is 4.39 Å². The highest BCUT2D eigenvalue weighted by atomic mass is 79.9. The zero-order valence-corrected chi connectivity index (χ0v) is 13.0. The van der Waals surface area contributed by atoms with Crippen LogP contribution in [0.25, 0.3) is 0 Å². The average Bonchev–Trinajstić information content (AvgIpc) is 2.41. The van der Waals surface area contributed by atoms with Gasteiger partial charge in [0.1, 0.15) is 5.82 Å². The minimum Gasteiger partial charge on any atom is -0.382 e. The van der Waals surface area contributed by atoms with Crippen LogP contribution in [-0.4, -0.2) is 40.0 Å². The van der Waals surface area contributed by atoms with Crippen molar-refractivity contribution in [2.45, 2.75) is 18.9 Å². The molecule has 0 aliphatic carbocycles. The van der Waals surface area contributed by atoms with Gasteiger partial charge in [-0.15, -0.1) is 0 Å². The average molecular weight is 334 g/mol. The van der Waals surface area contributed by atoms with Gasteiger partial charge in [-0.1, -0.05) is 15.9 Å². The van der Waals surface area contributed by atoms with E-state index in [0.29, 0.717) is 31.8 Å². The summed E-state index contributed by atoms with van der Waals surface area (Å²) < 4.78 is 24.9. The fourth-order valence-electron chi connectivity index (χ4n) is 1.78. The highest BCUT2D eigenvalue weighted by molar-refractivity contribution is 9.10. The van der Waals surface area contributed by atoms with Crippen molar-refractivity contribution in [3.05, 3.63) is 34.1 Å². The van der Waals surface area contributed by atoms with Gasteiger partial charge in [0.05, 0.1) is 13.2 Å². The standard InChI is InChI=1S/C14H21BrFNO2/c1-17-13(5-6-19-8-7-18-2)10-11-9-12(15)3-4-14(11)16/h3-4,9,13,17H,5-8,10H2,1-2H3. The molecule has 0 bridgehead atoms. The molecule has 1 aromatic carbocycles. The number of ether oxygens (including phenoxy) is 2. The number of halogens is 2. The molecule has 0 aromatic heterocycles. The summed E-state index contributed by atoms with van der Waals surface area (Å²) in [6, 6.07) is 5.22. The third-order valence-corrected chi connectivity index (χ3v) is 3.42. The smallest absolute Gasteiger partial charge is 0.126 e. The Morgan fingerprint density at radius 3 is 2.79 bits per heavy atom. The van der Waals surface area contributed by atoms with E-state index in [2.05, 4.69) is 21.2 Å². The van der Waals surface area contributed by atoms with Crippen LogP contribution in [0.4, 0.5) is 4.39 Å². The Morgan fingerprint density at radius 2 is 2.11 bits per heavy atom. The van der Waals surface area contributed by atoms with E-state index < -0.39 is 0 Å². The fraction of sp³-hybridized carbons (Fsp3) is 0.571. The topological polar surface area (TPSA) is 30.5 Å². The lowest BCUT2D eigenvalue weighted by Crippen LogP contribution is -2.29. The molecule has 5 heteroatoms. The quantitative estimate of drug-likeness (QED) is 0.705. The van der Waals surface area contributed by atoms with E-state index in [4.69, 9.17) is 9.47 Å². The largest absolute Gasteiger partial charge is 0.382 e. The van der Waals surface area contributed by atoms with Crippen LogP contribution < -0.4 is 5.32 Å². The van der Waals surface area contributed by atoms with Crippen LogP contribution in [0.15, 0.2) is 22.7 Å². The number of nitrogens with one attached hydrogen (secondary N) is 1. The highest BCUT2D eigenvalue weighted by Gasteiger charge is 2.11. The first kappa shape index (κ1) is 16.6. The molecule has 0 spiro atoms. The molecule has 0 radical (unpaired) electrons. The predicted octanol–water partition coefficient (Wildman–Crippen LogP) is 2.77. The van der Waals surface area contributed by atoms with Crippen LogP contribution in [0.2, 0.25) is 0 Å². The van der Waals surface area contributed by atoms with Crippen LogP contribution in [0, 0.1) is 5.82 Å².